The largest absolute Gasteiger partial charge is 0.457 e. The van der Waals surface area contributed by atoms with Crippen molar-refractivity contribution in [1.29, 1.82) is 0 Å². The summed E-state index contributed by atoms with van der Waals surface area (Å²) in [5.74, 6) is 1.73. The third-order valence-electron chi connectivity index (χ3n) is 3.32. The van der Waals surface area contributed by atoms with E-state index in [9.17, 15) is 0 Å². The molecule has 1 unspecified atom stereocenters. The summed E-state index contributed by atoms with van der Waals surface area (Å²) in [5.41, 5.74) is 2.29. The van der Waals surface area contributed by atoms with Crippen molar-refractivity contribution >= 4 is 17.7 Å². The van der Waals surface area contributed by atoms with Crippen molar-refractivity contribution in [2.75, 3.05) is 6.54 Å². The first-order chi connectivity index (χ1) is 9.60. The number of nitrogens with one attached hydrogen (secondary N) is 1. The van der Waals surface area contributed by atoms with Crippen molar-refractivity contribution in [3.8, 4) is 11.3 Å². The molecule has 0 radical (unpaired) electrons. The zero-order chi connectivity index (χ0) is 14.5. The van der Waals surface area contributed by atoms with Crippen LogP contribution in [0.4, 0.5) is 0 Å². The third kappa shape index (κ3) is 3.75. The molecule has 0 aliphatic carbocycles. The van der Waals surface area contributed by atoms with Gasteiger partial charge in [-0.25, -0.2) is 0 Å². The Bertz CT molecular complexity index is 583. The maximum Gasteiger partial charge on any atom is 0.134 e. The van der Waals surface area contributed by atoms with Crippen molar-refractivity contribution in [3.63, 3.8) is 0 Å². The van der Waals surface area contributed by atoms with Crippen molar-refractivity contribution < 1.29 is 4.42 Å². The number of hydrogen-bond donors (Lipinski definition) is 1. The van der Waals surface area contributed by atoms with E-state index in [1.54, 1.807) is 0 Å². The Morgan fingerprint density at radius 2 is 1.95 bits per heavy atom. The normalized spacial score (nSPS) is 13.5. The minimum Gasteiger partial charge on any atom is -0.457 e. The van der Waals surface area contributed by atoms with Gasteiger partial charge >= 0.3 is 0 Å². The molecule has 2 rings (SSSR count). The highest BCUT2D eigenvalue weighted by molar-refractivity contribution is 6.30. The van der Waals surface area contributed by atoms with E-state index in [1.807, 2.05) is 36.4 Å². The summed E-state index contributed by atoms with van der Waals surface area (Å²) in [4.78, 5) is 0. The lowest BCUT2D eigenvalue weighted by Crippen LogP contribution is -2.26. The Morgan fingerprint density at radius 1 is 1.25 bits per heavy atom. The Morgan fingerprint density at radius 3 is 2.60 bits per heavy atom. The van der Waals surface area contributed by atoms with Gasteiger partial charge < -0.3 is 9.73 Å². The van der Waals surface area contributed by atoms with Crippen molar-refractivity contribution in [3.05, 3.63) is 52.8 Å². The van der Waals surface area contributed by atoms with E-state index in [0.717, 1.165) is 28.7 Å². The van der Waals surface area contributed by atoms with Crippen LogP contribution in [0, 0.1) is 0 Å². The van der Waals surface area contributed by atoms with Crippen molar-refractivity contribution in [2.45, 2.75) is 26.8 Å². The minimum atomic E-state index is 0.351. The van der Waals surface area contributed by atoms with Crippen LogP contribution < -0.4 is 5.32 Å². The van der Waals surface area contributed by atoms with Gasteiger partial charge in [0.05, 0.1) is 0 Å². The van der Waals surface area contributed by atoms with E-state index in [2.05, 4.69) is 32.2 Å². The number of halogens is 1. The Balaban J connectivity index is 2.16. The van der Waals surface area contributed by atoms with E-state index in [4.69, 9.17) is 16.0 Å². The van der Waals surface area contributed by atoms with Gasteiger partial charge in [0.15, 0.2) is 0 Å². The lowest BCUT2D eigenvalue weighted by Gasteiger charge is -2.12. The van der Waals surface area contributed by atoms with Crippen LogP contribution >= 0.6 is 11.6 Å². The zero-order valence-electron chi connectivity index (χ0n) is 12.1. The summed E-state index contributed by atoms with van der Waals surface area (Å²) in [5, 5.41) is 4.12. The first-order valence-electron chi connectivity index (χ1n) is 6.87. The number of furan rings is 1. The highest BCUT2D eigenvalue weighted by atomic mass is 35.5. The second kappa shape index (κ2) is 6.78. The quantitative estimate of drug-likeness (QED) is 0.838. The summed E-state index contributed by atoms with van der Waals surface area (Å²) in [6.07, 6.45) is 2.08. The molecule has 1 aromatic carbocycles. The average molecular weight is 290 g/mol. The number of benzene rings is 1. The molecule has 0 saturated heterocycles. The highest BCUT2D eigenvalue weighted by Gasteiger charge is 2.06. The molecule has 106 valence electrons. The van der Waals surface area contributed by atoms with E-state index in [0.29, 0.717) is 6.04 Å². The van der Waals surface area contributed by atoms with Crippen LogP contribution in [0.3, 0.4) is 0 Å². The average Bonchev–Trinajstić information content (AvgIpc) is 2.88. The van der Waals surface area contributed by atoms with Gasteiger partial charge in [0.2, 0.25) is 0 Å². The third-order valence-corrected chi connectivity index (χ3v) is 3.57. The van der Waals surface area contributed by atoms with Crippen molar-refractivity contribution in [2.24, 2.45) is 0 Å². The zero-order valence-corrected chi connectivity index (χ0v) is 12.9. The van der Waals surface area contributed by atoms with E-state index in [-0.39, 0.29) is 0 Å². The summed E-state index contributed by atoms with van der Waals surface area (Å²) in [6.45, 7) is 7.33. The molecule has 0 aliphatic heterocycles. The second-order valence-corrected chi connectivity index (χ2v) is 5.31. The molecule has 2 nitrogen and oxygen atoms in total. The van der Waals surface area contributed by atoms with Gasteiger partial charge in [-0.1, -0.05) is 24.1 Å². The molecule has 20 heavy (non-hydrogen) atoms. The molecule has 0 saturated carbocycles. The van der Waals surface area contributed by atoms with Crippen LogP contribution in [-0.4, -0.2) is 12.6 Å². The van der Waals surface area contributed by atoms with Crippen LogP contribution in [-0.2, 0) is 0 Å². The first-order valence-corrected chi connectivity index (χ1v) is 7.25. The van der Waals surface area contributed by atoms with Gasteiger partial charge in [0.1, 0.15) is 11.5 Å². The number of likely N-dealkylation sites (N-methyl/N-ethyl adjacent to an activating group) is 1. The van der Waals surface area contributed by atoms with E-state index in [1.165, 1.54) is 5.57 Å². The molecule has 0 amide bonds. The van der Waals surface area contributed by atoms with Gasteiger partial charge in [0.25, 0.3) is 0 Å². The second-order valence-electron chi connectivity index (χ2n) is 4.88. The SMILES string of the molecule is CCNC(C)/C(C)=C/c1ccc(-c2ccc(Cl)cc2)o1. The molecule has 1 heterocycles. The minimum absolute atomic E-state index is 0.351. The number of rotatable bonds is 5. The molecule has 1 aromatic heterocycles. The summed E-state index contributed by atoms with van der Waals surface area (Å²) >= 11 is 5.89. The van der Waals surface area contributed by atoms with Gasteiger partial charge in [-0.3, -0.25) is 0 Å². The molecular formula is C17H20ClNO. The predicted octanol–water partition coefficient (Wildman–Crippen LogP) is 5.00. The Labute approximate surface area is 125 Å². The van der Waals surface area contributed by atoms with Gasteiger partial charge in [-0.15, -0.1) is 0 Å². The van der Waals surface area contributed by atoms with Gasteiger partial charge in [-0.2, -0.15) is 0 Å². The van der Waals surface area contributed by atoms with Crippen LogP contribution in [0.25, 0.3) is 17.4 Å². The Hall–Kier alpha value is -1.51. The predicted molar refractivity (Wildman–Crippen MR) is 85.9 cm³/mol. The molecule has 1 N–H and O–H groups in total. The Kier molecular flexibility index (Phi) is 5.05. The highest BCUT2D eigenvalue weighted by Crippen LogP contribution is 2.25. The fraction of sp³-hybridized carbons (Fsp3) is 0.294. The lowest BCUT2D eigenvalue weighted by atomic mass is 10.1. The van der Waals surface area contributed by atoms with E-state index < -0.39 is 0 Å². The summed E-state index contributed by atoms with van der Waals surface area (Å²) in [7, 11) is 0. The fourth-order valence-corrected chi connectivity index (χ4v) is 2.14. The fourth-order valence-electron chi connectivity index (χ4n) is 2.02. The number of hydrogen-bond acceptors (Lipinski definition) is 2. The molecule has 1 atom stereocenters. The standard InChI is InChI=1S/C17H20ClNO/c1-4-19-13(3)12(2)11-16-9-10-17(20-16)14-5-7-15(18)8-6-14/h5-11,13,19H,4H2,1-3H3/b12-11+. The first kappa shape index (κ1) is 14.9. The molecule has 0 spiro atoms. The molecule has 3 heteroatoms. The van der Waals surface area contributed by atoms with Crippen molar-refractivity contribution in [1.82, 2.24) is 5.32 Å². The lowest BCUT2D eigenvalue weighted by molar-refractivity contribution is 0.569. The topological polar surface area (TPSA) is 25.2 Å². The van der Waals surface area contributed by atoms with Gasteiger partial charge in [0, 0.05) is 16.6 Å². The monoisotopic (exact) mass is 289 g/mol. The van der Waals surface area contributed by atoms with Gasteiger partial charge in [-0.05, 0) is 62.9 Å². The smallest absolute Gasteiger partial charge is 0.134 e. The summed E-state index contributed by atoms with van der Waals surface area (Å²) < 4.78 is 5.86. The van der Waals surface area contributed by atoms with Crippen LogP contribution in [0.15, 0.2) is 46.4 Å². The molecule has 0 fully saturated rings. The van der Waals surface area contributed by atoms with Crippen LogP contribution in [0.2, 0.25) is 5.02 Å². The molecule has 0 bridgehead atoms. The van der Waals surface area contributed by atoms with Crippen LogP contribution in [0.5, 0.6) is 0 Å². The molecular weight excluding hydrogens is 270 g/mol. The molecule has 0 aliphatic rings. The maximum atomic E-state index is 5.89. The van der Waals surface area contributed by atoms with E-state index >= 15 is 0 Å². The maximum absolute atomic E-state index is 5.89. The molecule has 2 aromatic rings. The van der Waals surface area contributed by atoms with Crippen LogP contribution in [0.1, 0.15) is 26.5 Å². The summed E-state index contributed by atoms with van der Waals surface area (Å²) in [6, 6.07) is 12.0.